The molecule has 1 rings (SSSR count). The lowest BCUT2D eigenvalue weighted by Gasteiger charge is -2.47. The lowest BCUT2D eigenvalue weighted by molar-refractivity contribution is -0.162. The van der Waals surface area contributed by atoms with E-state index in [1.54, 1.807) is 0 Å². The van der Waals surface area contributed by atoms with Crippen LogP contribution < -0.4 is 0 Å². The maximum atomic E-state index is 11.8. The molecule has 0 aromatic carbocycles. The SMILES string of the molecule is CCOC(=O)C1CCC(O)(C(C)C)C(C)C1C. The van der Waals surface area contributed by atoms with Crippen LogP contribution in [0.2, 0.25) is 0 Å². The third-order valence-electron chi connectivity index (χ3n) is 4.66. The number of esters is 1. The van der Waals surface area contributed by atoms with Crippen molar-refractivity contribution in [1.82, 2.24) is 0 Å². The molecule has 0 aromatic rings. The highest BCUT2D eigenvalue weighted by molar-refractivity contribution is 5.73. The predicted octanol–water partition coefficient (Wildman–Crippen LogP) is 2.62. The summed E-state index contributed by atoms with van der Waals surface area (Å²) in [5.41, 5.74) is -0.636. The fraction of sp³-hybridized carbons (Fsp3) is 0.929. The van der Waals surface area contributed by atoms with Gasteiger partial charge in [-0.05, 0) is 37.5 Å². The molecule has 1 aliphatic carbocycles. The number of hydrogen-bond acceptors (Lipinski definition) is 3. The van der Waals surface area contributed by atoms with Gasteiger partial charge in [-0.1, -0.05) is 27.7 Å². The molecule has 0 saturated heterocycles. The van der Waals surface area contributed by atoms with Crippen molar-refractivity contribution in [2.45, 2.75) is 53.1 Å². The summed E-state index contributed by atoms with van der Waals surface area (Å²) in [6, 6.07) is 0. The second kappa shape index (κ2) is 5.38. The predicted molar refractivity (Wildman–Crippen MR) is 67.5 cm³/mol. The molecule has 4 atom stereocenters. The summed E-state index contributed by atoms with van der Waals surface area (Å²) < 4.78 is 5.11. The molecule has 1 saturated carbocycles. The van der Waals surface area contributed by atoms with Gasteiger partial charge in [0.05, 0.1) is 18.1 Å². The molecule has 0 radical (unpaired) electrons. The molecule has 3 heteroatoms. The van der Waals surface area contributed by atoms with Crippen molar-refractivity contribution >= 4 is 5.97 Å². The third-order valence-corrected chi connectivity index (χ3v) is 4.66. The van der Waals surface area contributed by atoms with Crippen LogP contribution in [0.1, 0.15) is 47.5 Å². The molecule has 1 N–H and O–H groups in total. The van der Waals surface area contributed by atoms with Gasteiger partial charge in [0, 0.05) is 0 Å². The Hall–Kier alpha value is -0.570. The number of ether oxygens (including phenoxy) is 1. The molecule has 17 heavy (non-hydrogen) atoms. The molecule has 0 spiro atoms. The van der Waals surface area contributed by atoms with E-state index in [0.717, 1.165) is 6.42 Å². The van der Waals surface area contributed by atoms with Crippen molar-refractivity contribution < 1.29 is 14.6 Å². The van der Waals surface area contributed by atoms with Gasteiger partial charge in [0.15, 0.2) is 0 Å². The Morgan fingerprint density at radius 2 is 2.06 bits per heavy atom. The van der Waals surface area contributed by atoms with Gasteiger partial charge in [0.1, 0.15) is 0 Å². The molecule has 0 bridgehead atoms. The summed E-state index contributed by atoms with van der Waals surface area (Å²) in [5, 5.41) is 10.7. The highest BCUT2D eigenvalue weighted by Gasteiger charge is 2.48. The van der Waals surface area contributed by atoms with Gasteiger partial charge >= 0.3 is 5.97 Å². The number of carbonyl (C=O) groups is 1. The van der Waals surface area contributed by atoms with E-state index in [-0.39, 0.29) is 29.6 Å². The molecule has 4 unspecified atom stereocenters. The smallest absolute Gasteiger partial charge is 0.309 e. The second-order valence-corrected chi connectivity index (χ2v) is 5.69. The topological polar surface area (TPSA) is 46.5 Å². The van der Waals surface area contributed by atoms with Crippen molar-refractivity contribution in [1.29, 1.82) is 0 Å². The first-order valence-electron chi connectivity index (χ1n) is 6.73. The zero-order valence-electron chi connectivity index (χ0n) is 11.7. The fourth-order valence-electron chi connectivity index (χ4n) is 3.08. The molecule has 100 valence electrons. The Morgan fingerprint density at radius 3 is 2.53 bits per heavy atom. The summed E-state index contributed by atoms with van der Waals surface area (Å²) in [4.78, 5) is 11.8. The van der Waals surface area contributed by atoms with Crippen LogP contribution in [0.5, 0.6) is 0 Å². The first-order chi connectivity index (χ1) is 7.84. The zero-order chi connectivity index (χ0) is 13.2. The van der Waals surface area contributed by atoms with Crippen LogP contribution in [0.15, 0.2) is 0 Å². The lowest BCUT2D eigenvalue weighted by atomic mass is 9.62. The minimum Gasteiger partial charge on any atom is -0.466 e. The van der Waals surface area contributed by atoms with Crippen molar-refractivity contribution in [3.63, 3.8) is 0 Å². The Labute approximate surface area is 105 Å². The summed E-state index contributed by atoms with van der Waals surface area (Å²) in [6.45, 7) is 10.5. The highest BCUT2D eigenvalue weighted by Crippen LogP contribution is 2.45. The summed E-state index contributed by atoms with van der Waals surface area (Å²) in [6.07, 6.45) is 1.43. The van der Waals surface area contributed by atoms with Crippen LogP contribution in [-0.2, 0) is 9.53 Å². The van der Waals surface area contributed by atoms with Crippen molar-refractivity contribution in [3.8, 4) is 0 Å². The quantitative estimate of drug-likeness (QED) is 0.774. The van der Waals surface area contributed by atoms with Gasteiger partial charge in [-0.25, -0.2) is 0 Å². The van der Waals surface area contributed by atoms with E-state index in [1.807, 2.05) is 20.8 Å². The molecule has 3 nitrogen and oxygen atoms in total. The van der Waals surface area contributed by atoms with E-state index >= 15 is 0 Å². The van der Waals surface area contributed by atoms with Crippen LogP contribution in [0, 0.1) is 23.7 Å². The van der Waals surface area contributed by atoms with Gasteiger partial charge < -0.3 is 9.84 Å². The summed E-state index contributed by atoms with van der Waals surface area (Å²) in [7, 11) is 0. The Balaban J connectivity index is 2.78. The van der Waals surface area contributed by atoms with Crippen molar-refractivity contribution in [2.24, 2.45) is 23.7 Å². The first-order valence-corrected chi connectivity index (χ1v) is 6.73. The molecule has 0 amide bonds. The van der Waals surface area contributed by atoms with E-state index in [4.69, 9.17) is 4.74 Å². The first kappa shape index (κ1) is 14.5. The number of rotatable bonds is 3. The van der Waals surface area contributed by atoms with Gasteiger partial charge in [0.25, 0.3) is 0 Å². The van der Waals surface area contributed by atoms with E-state index < -0.39 is 5.60 Å². The maximum absolute atomic E-state index is 11.8. The number of aliphatic hydroxyl groups is 1. The van der Waals surface area contributed by atoms with E-state index in [0.29, 0.717) is 13.0 Å². The van der Waals surface area contributed by atoms with E-state index in [2.05, 4.69) is 13.8 Å². The molecule has 0 aliphatic heterocycles. The zero-order valence-corrected chi connectivity index (χ0v) is 11.7. The molecule has 1 fully saturated rings. The minimum absolute atomic E-state index is 0.0519. The molecule has 1 aliphatic rings. The Morgan fingerprint density at radius 1 is 1.47 bits per heavy atom. The Kier molecular flexibility index (Phi) is 4.59. The average Bonchev–Trinajstić information content (AvgIpc) is 2.26. The van der Waals surface area contributed by atoms with E-state index in [1.165, 1.54) is 0 Å². The minimum atomic E-state index is -0.636. The second-order valence-electron chi connectivity index (χ2n) is 5.69. The molecular weight excluding hydrogens is 216 g/mol. The van der Waals surface area contributed by atoms with Crippen LogP contribution in [0.4, 0.5) is 0 Å². The van der Waals surface area contributed by atoms with Crippen LogP contribution in [-0.4, -0.2) is 23.3 Å². The largest absolute Gasteiger partial charge is 0.466 e. The fourth-order valence-corrected chi connectivity index (χ4v) is 3.08. The summed E-state index contributed by atoms with van der Waals surface area (Å²) in [5.74, 6) is 0.380. The van der Waals surface area contributed by atoms with Crippen LogP contribution in [0.25, 0.3) is 0 Å². The van der Waals surface area contributed by atoms with Gasteiger partial charge in [0.2, 0.25) is 0 Å². The van der Waals surface area contributed by atoms with Gasteiger partial charge in [-0.2, -0.15) is 0 Å². The van der Waals surface area contributed by atoms with Crippen LogP contribution >= 0.6 is 0 Å². The number of carbonyl (C=O) groups excluding carboxylic acids is 1. The summed E-state index contributed by atoms with van der Waals surface area (Å²) >= 11 is 0. The van der Waals surface area contributed by atoms with E-state index in [9.17, 15) is 9.90 Å². The third kappa shape index (κ3) is 2.65. The Bertz CT molecular complexity index is 275. The number of hydrogen-bond donors (Lipinski definition) is 1. The van der Waals surface area contributed by atoms with Gasteiger partial charge in [-0.3, -0.25) is 4.79 Å². The standard InChI is InChI=1S/C14H26O3/c1-6-17-13(15)12-7-8-14(16,9(2)3)11(5)10(12)4/h9-12,16H,6-8H2,1-5H3. The highest BCUT2D eigenvalue weighted by atomic mass is 16.5. The average molecular weight is 242 g/mol. The van der Waals surface area contributed by atoms with Crippen molar-refractivity contribution in [2.75, 3.05) is 6.61 Å². The molecule has 0 heterocycles. The van der Waals surface area contributed by atoms with Gasteiger partial charge in [-0.15, -0.1) is 0 Å². The molecular formula is C14H26O3. The maximum Gasteiger partial charge on any atom is 0.309 e. The lowest BCUT2D eigenvalue weighted by Crippen LogP contribution is -2.51. The van der Waals surface area contributed by atoms with Crippen LogP contribution in [0.3, 0.4) is 0 Å². The monoisotopic (exact) mass is 242 g/mol. The molecule has 0 aromatic heterocycles. The normalized spacial score (nSPS) is 38.2. The van der Waals surface area contributed by atoms with Crippen molar-refractivity contribution in [3.05, 3.63) is 0 Å².